The highest BCUT2D eigenvalue weighted by molar-refractivity contribution is 5.79. The molecule has 2 N–H and O–H groups in total. The quantitative estimate of drug-likeness (QED) is 0.663. The van der Waals surface area contributed by atoms with Crippen molar-refractivity contribution in [2.24, 2.45) is 0 Å². The first kappa shape index (κ1) is 10.9. The molecule has 1 fully saturated rings. The van der Waals surface area contributed by atoms with E-state index in [-0.39, 0.29) is 18.3 Å². The van der Waals surface area contributed by atoms with E-state index in [1.54, 1.807) is 0 Å². The molecule has 1 aliphatic rings. The van der Waals surface area contributed by atoms with Gasteiger partial charge in [0.15, 0.2) is 5.88 Å². The van der Waals surface area contributed by atoms with E-state index in [0.717, 1.165) is 25.8 Å². The monoisotopic (exact) mass is 198 g/mol. The summed E-state index contributed by atoms with van der Waals surface area (Å²) in [6.07, 6.45) is 3.19. The highest BCUT2D eigenvalue weighted by Gasteiger charge is 2.26. The third kappa shape index (κ3) is 2.65. The van der Waals surface area contributed by atoms with Gasteiger partial charge in [0.1, 0.15) is 0 Å². The summed E-state index contributed by atoms with van der Waals surface area (Å²) >= 11 is 0. The van der Waals surface area contributed by atoms with E-state index in [0.29, 0.717) is 6.04 Å². The Hall–Kier alpha value is -1.19. The zero-order valence-corrected chi connectivity index (χ0v) is 8.62. The van der Waals surface area contributed by atoms with E-state index in [2.05, 4.69) is 18.8 Å². The third-order valence-corrected chi connectivity index (χ3v) is 2.61. The summed E-state index contributed by atoms with van der Waals surface area (Å²) in [4.78, 5) is 13.5. The van der Waals surface area contributed by atoms with Crippen molar-refractivity contribution in [3.05, 3.63) is 12.5 Å². The van der Waals surface area contributed by atoms with Crippen LogP contribution in [0.1, 0.15) is 26.2 Å². The molecular formula is C10H18N2O2. The first-order chi connectivity index (χ1) is 6.65. The van der Waals surface area contributed by atoms with Crippen molar-refractivity contribution in [3.8, 4) is 0 Å². The normalized spacial score (nSPS) is 20.9. The lowest BCUT2D eigenvalue weighted by Crippen LogP contribution is -2.40. The molecule has 0 saturated carbocycles. The summed E-state index contributed by atoms with van der Waals surface area (Å²) in [5, 5.41) is 11.3. The fraction of sp³-hybridized carbons (Fsp3) is 0.700. The molecule has 4 heteroatoms. The van der Waals surface area contributed by atoms with E-state index >= 15 is 0 Å². The number of hydrogen-bond donors (Lipinski definition) is 2. The molecule has 0 bridgehead atoms. The summed E-state index contributed by atoms with van der Waals surface area (Å²) in [5.41, 5.74) is 0. The molecule has 0 unspecified atom stereocenters. The van der Waals surface area contributed by atoms with Gasteiger partial charge in [0.05, 0.1) is 6.54 Å². The Bertz CT molecular complexity index is 228. The Kier molecular flexibility index (Phi) is 3.80. The van der Waals surface area contributed by atoms with Crippen molar-refractivity contribution in [1.82, 2.24) is 10.2 Å². The lowest BCUT2D eigenvalue weighted by atomic mass is 10.2. The highest BCUT2D eigenvalue weighted by atomic mass is 16.3. The average Bonchev–Trinajstić information content (AvgIpc) is 2.61. The molecule has 1 atom stereocenters. The number of aliphatic hydroxyl groups excluding tert-OH is 1. The second-order valence-corrected chi connectivity index (χ2v) is 3.59. The average molecular weight is 198 g/mol. The molecule has 14 heavy (non-hydrogen) atoms. The minimum Gasteiger partial charge on any atom is -0.495 e. The molecule has 1 heterocycles. The molecule has 80 valence electrons. The summed E-state index contributed by atoms with van der Waals surface area (Å²) < 4.78 is 0. The topological polar surface area (TPSA) is 52.6 Å². The van der Waals surface area contributed by atoms with Crippen LogP contribution < -0.4 is 5.32 Å². The molecule has 1 rings (SSSR count). The molecule has 0 radical (unpaired) electrons. The van der Waals surface area contributed by atoms with Crippen molar-refractivity contribution in [3.63, 3.8) is 0 Å². The van der Waals surface area contributed by atoms with Crippen molar-refractivity contribution >= 4 is 5.91 Å². The van der Waals surface area contributed by atoms with E-state index in [1.807, 2.05) is 4.90 Å². The highest BCUT2D eigenvalue weighted by Crippen LogP contribution is 2.19. The number of aliphatic hydroxyl groups is 1. The Morgan fingerprint density at radius 1 is 1.71 bits per heavy atom. The summed E-state index contributed by atoms with van der Waals surface area (Å²) in [6.45, 7) is 6.35. The molecule has 1 aliphatic heterocycles. The number of hydrogen-bond acceptors (Lipinski definition) is 3. The van der Waals surface area contributed by atoms with Crippen LogP contribution in [0.3, 0.4) is 0 Å². The third-order valence-electron chi connectivity index (χ3n) is 2.61. The van der Waals surface area contributed by atoms with Crippen molar-refractivity contribution < 1.29 is 9.90 Å². The van der Waals surface area contributed by atoms with Gasteiger partial charge in [-0.3, -0.25) is 4.79 Å². The molecule has 4 nitrogen and oxygen atoms in total. The van der Waals surface area contributed by atoms with Gasteiger partial charge in [0.2, 0.25) is 5.91 Å². The minimum absolute atomic E-state index is 0.0459. The second-order valence-electron chi connectivity index (χ2n) is 3.59. The number of nitrogens with one attached hydrogen (secondary N) is 1. The largest absolute Gasteiger partial charge is 0.495 e. The van der Waals surface area contributed by atoms with E-state index in [4.69, 9.17) is 5.11 Å². The van der Waals surface area contributed by atoms with Gasteiger partial charge < -0.3 is 15.3 Å². The fourth-order valence-electron chi connectivity index (χ4n) is 1.87. The van der Waals surface area contributed by atoms with Crippen molar-refractivity contribution in [2.75, 3.05) is 13.1 Å². The molecule has 1 saturated heterocycles. The van der Waals surface area contributed by atoms with Crippen LogP contribution in [-0.4, -0.2) is 35.0 Å². The van der Waals surface area contributed by atoms with E-state index < -0.39 is 0 Å². The molecule has 0 aliphatic carbocycles. The number of carbonyl (C=O) groups excluding carboxylic acids is 1. The summed E-state index contributed by atoms with van der Waals surface area (Å²) in [6, 6.07) is 0.385. The molecule has 0 aromatic carbocycles. The Morgan fingerprint density at radius 3 is 3.00 bits per heavy atom. The smallest absolute Gasteiger partial charge is 0.242 e. The number of rotatable bonds is 4. The summed E-state index contributed by atoms with van der Waals surface area (Å²) in [7, 11) is 0. The second kappa shape index (κ2) is 4.88. The minimum atomic E-state index is -0.148. The van der Waals surface area contributed by atoms with Gasteiger partial charge in [-0.15, -0.1) is 0 Å². The SMILES string of the molecule is C=C(O)NCC(=O)N1CCC[C@H]1CC. The van der Waals surface area contributed by atoms with Gasteiger partial charge in [-0.05, 0) is 25.8 Å². The van der Waals surface area contributed by atoms with Gasteiger partial charge in [-0.25, -0.2) is 0 Å². The van der Waals surface area contributed by atoms with Crippen LogP contribution in [0, 0.1) is 0 Å². The van der Waals surface area contributed by atoms with E-state index in [9.17, 15) is 4.79 Å². The van der Waals surface area contributed by atoms with Gasteiger partial charge in [-0.1, -0.05) is 6.92 Å². The van der Waals surface area contributed by atoms with Crippen LogP contribution in [-0.2, 0) is 4.79 Å². The Labute approximate surface area is 84.6 Å². The van der Waals surface area contributed by atoms with Crippen LogP contribution in [0.2, 0.25) is 0 Å². The van der Waals surface area contributed by atoms with E-state index in [1.165, 1.54) is 0 Å². The first-order valence-electron chi connectivity index (χ1n) is 5.06. The maximum Gasteiger partial charge on any atom is 0.242 e. The fourth-order valence-corrected chi connectivity index (χ4v) is 1.87. The van der Waals surface area contributed by atoms with Gasteiger partial charge in [0.25, 0.3) is 0 Å². The first-order valence-corrected chi connectivity index (χ1v) is 5.06. The standard InChI is InChI=1S/C10H18N2O2/c1-3-9-5-4-6-12(9)10(14)7-11-8(2)13/h9,11,13H,2-7H2,1H3/t9-/m1/s1. The van der Waals surface area contributed by atoms with Gasteiger partial charge in [0, 0.05) is 12.6 Å². The number of carbonyl (C=O) groups is 1. The number of likely N-dealkylation sites (tertiary alicyclic amines) is 1. The predicted octanol–water partition coefficient (Wildman–Crippen LogP) is 1.01. The van der Waals surface area contributed by atoms with Crippen LogP contribution in [0.4, 0.5) is 0 Å². The maximum atomic E-state index is 11.6. The Balaban J connectivity index is 2.39. The van der Waals surface area contributed by atoms with Crippen LogP contribution in [0.25, 0.3) is 0 Å². The molecular weight excluding hydrogens is 180 g/mol. The zero-order chi connectivity index (χ0) is 10.6. The molecule has 0 spiro atoms. The lowest BCUT2D eigenvalue weighted by molar-refractivity contribution is -0.131. The molecule has 0 aromatic heterocycles. The number of nitrogens with zero attached hydrogens (tertiary/aromatic N) is 1. The maximum absolute atomic E-state index is 11.6. The zero-order valence-electron chi connectivity index (χ0n) is 8.62. The van der Waals surface area contributed by atoms with Crippen LogP contribution in [0.5, 0.6) is 0 Å². The van der Waals surface area contributed by atoms with Gasteiger partial charge >= 0.3 is 0 Å². The lowest BCUT2D eigenvalue weighted by Gasteiger charge is -2.23. The van der Waals surface area contributed by atoms with Crippen molar-refractivity contribution in [1.29, 1.82) is 0 Å². The van der Waals surface area contributed by atoms with Crippen molar-refractivity contribution in [2.45, 2.75) is 32.2 Å². The molecule has 1 amide bonds. The predicted molar refractivity (Wildman–Crippen MR) is 54.8 cm³/mol. The summed E-state index contributed by atoms with van der Waals surface area (Å²) in [5.74, 6) is -0.102. The number of amides is 1. The van der Waals surface area contributed by atoms with Gasteiger partial charge in [-0.2, -0.15) is 0 Å². The van der Waals surface area contributed by atoms with Crippen LogP contribution >= 0.6 is 0 Å². The van der Waals surface area contributed by atoms with Crippen LogP contribution in [0.15, 0.2) is 12.5 Å². The molecule has 0 aromatic rings. The Morgan fingerprint density at radius 2 is 2.43 bits per heavy atom.